The zero-order valence-electron chi connectivity index (χ0n) is 15.7. The van der Waals surface area contributed by atoms with Crippen molar-refractivity contribution in [2.45, 2.75) is 31.8 Å². The number of carbonyl (C=O) groups is 1. The zero-order valence-corrected chi connectivity index (χ0v) is 16.5. The second kappa shape index (κ2) is 9.74. The van der Waals surface area contributed by atoms with E-state index >= 15 is 0 Å². The number of halogens is 1. The number of hydrogen-bond donors (Lipinski definition) is 2. The summed E-state index contributed by atoms with van der Waals surface area (Å²) in [5.74, 6) is -0.0932. The summed E-state index contributed by atoms with van der Waals surface area (Å²) in [5, 5.41) is 2.97. The molecule has 0 aromatic heterocycles. The van der Waals surface area contributed by atoms with Gasteiger partial charge in [0.2, 0.25) is 5.91 Å². The lowest BCUT2D eigenvalue weighted by molar-refractivity contribution is -0.129. The van der Waals surface area contributed by atoms with E-state index in [4.69, 9.17) is 10.5 Å². The fourth-order valence-corrected chi connectivity index (χ4v) is 3.24. The number of para-hydroxylation sites is 1. The number of hydrogen-bond acceptors (Lipinski definition) is 4. The van der Waals surface area contributed by atoms with Crippen LogP contribution < -0.4 is 16.0 Å². The first kappa shape index (κ1) is 21.2. The van der Waals surface area contributed by atoms with Crippen LogP contribution in [0.5, 0.6) is 0 Å². The summed E-state index contributed by atoms with van der Waals surface area (Å²) in [5.41, 5.74) is 8.77. The molecule has 2 aromatic carbocycles. The molecule has 6 heteroatoms. The van der Waals surface area contributed by atoms with Gasteiger partial charge in [0, 0.05) is 37.7 Å². The van der Waals surface area contributed by atoms with E-state index in [0.29, 0.717) is 32.6 Å². The molecule has 1 aliphatic heterocycles. The maximum atomic E-state index is 12.4. The smallest absolute Gasteiger partial charge is 0.240 e. The lowest BCUT2D eigenvalue weighted by Crippen LogP contribution is -2.56. The second-order valence-corrected chi connectivity index (χ2v) is 6.70. The number of nitrogens with one attached hydrogen (secondary N) is 1. The van der Waals surface area contributed by atoms with E-state index in [9.17, 15) is 4.79 Å². The lowest BCUT2D eigenvalue weighted by atomic mass is 9.90. The third kappa shape index (κ3) is 5.22. The van der Waals surface area contributed by atoms with E-state index in [2.05, 4.69) is 41.4 Å². The molecule has 0 spiro atoms. The van der Waals surface area contributed by atoms with E-state index in [0.717, 1.165) is 17.8 Å². The molecule has 1 aliphatic rings. The normalized spacial score (nSPS) is 15.5. The first-order valence-electron chi connectivity index (χ1n) is 9.19. The van der Waals surface area contributed by atoms with E-state index in [1.807, 2.05) is 30.3 Å². The van der Waals surface area contributed by atoms with Crippen LogP contribution in [0.4, 0.5) is 11.4 Å². The molecule has 0 unspecified atom stereocenters. The quantitative estimate of drug-likeness (QED) is 0.794. The predicted molar refractivity (Wildman–Crippen MR) is 112 cm³/mol. The van der Waals surface area contributed by atoms with Crippen LogP contribution in [-0.2, 0) is 16.1 Å². The summed E-state index contributed by atoms with van der Waals surface area (Å²) in [7, 11) is 0. The SMILES string of the molecule is CCN(c1ccccc1)c1ccc(CNC(=O)C2(N)CCOCC2)cc1.Cl. The molecule has 27 heavy (non-hydrogen) atoms. The van der Waals surface area contributed by atoms with E-state index in [1.165, 1.54) is 5.69 Å². The Balaban J connectivity index is 0.00000261. The second-order valence-electron chi connectivity index (χ2n) is 6.70. The summed E-state index contributed by atoms with van der Waals surface area (Å²) < 4.78 is 5.30. The number of nitrogens with two attached hydrogens (primary N) is 1. The summed E-state index contributed by atoms with van der Waals surface area (Å²) in [6.07, 6.45) is 1.14. The largest absolute Gasteiger partial charge is 0.381 e. The Bertz CT molecular complexity index is 716. The number of nitrogens with zero attached hydrogens (tertiary/aromatic N) is 1. The highest BCUT2D eigenvalue weighted by molar-refractivity contribution is 5.86. The van der Waals surface area contributed by atoms with Crippen molar-refractivity contribution in [2.75, 3.05) is 24.7 Å². The Morgan fingerprint density at radius 3 is 2.26 bits per heavy atom. The number of benzene rings is 2. The van der Waals surface area contributed by atoms with Crippen LogP contribution in [-0.4, -0.2) is 31.2 Å². The first-order chi connectivity index (χ1) is 12.6. The van der Waals surface area contributed by atoms with Crippen molar-refractivity contribution in [2.24, 2.45) is 5.73 Å². The minimum atomic E-state index is -0.801. The van der Waals surface area contributed by atoms with Gasteiger partial charge < -0.3 is 20.7 Å². The van der Waals surface area contributed by atoms with Crippen molar-refractivity contribution in [3.8, 4) is 0 Å². The van der Waals surface area contributed by atoms with Gasteiger partial charge in [-0.05, 0) is 49.6 Å². The zero-order chi connectivity index (χ0) is 18.4. The number of ether oxygens (including phenoxy) is 1. The Labute approximate surface area is 167 Å². The molecule has 1 fully saturated rings. The van der Waals surface area contributed by atoms with Crippen molar-refractivity contribution in [3.05, 3.63) is 60.2 Å². The molecule has 3 rings (SSSR count). The molecule has 0 aliphatic carbocycles. The van der Waals surface area contributed by atoms with Gasteiger partial charge in [0.1, 0.15) is 0 Å². The van der Waals surface area contributed by atoms with Gasteiger partial charge in [0.05, 0.1) is 5.54 Å². The van der Waals surface area contributed by atoms with Gasteiger partial charge in [-0.1, -0.05) is 30.3 Å². The summed E-state index contributed by atoms with van der Waals surface area (Å²) in [4.78, 5) is 14.6. The predicted octanol–water partition coefficient (Wildman–Crippen LogP) is 3.39. The van der Waals surface area contributed by atoms with Crippen LogP contribution in [0, 0.1) is 0 Å². The van der Waals surface area contributed by atoms with Gasteiger partial charge in [0.15, 0.2) is 0 Å². The maximum absolute atomic E-state index is 12.4. The molecule has 146 valence electrons. The summed E-state index contributed by atoms with van der Waals surface area (Å²) in [6.45, 7) is 4.60. The molecular weight excluding hydrogens is 362 g/mol. The standard InChI is InChI=1S/C21H27N3O2.ClH/c1-2-24(18-6-4-3-5-7-18)19-10-8-17(9-11-19)16-23-20(25)21(22)12-14-26-15-13-21;/h3-11H,2,12-16,22H2,1H3,(H,23,25);1H. The number of anilines is 2. The Hall–Kier alpha value is -2.08. The molecule has 1 amide bonds. The van der Waals surface area contributed by atoms with Gasteiger partial charge >= 0.3 is 0 Å². The number of carbonyl (C=O) groups excluding carboxylic acids is 1. The fourth-order valence-electron chi connectivity index (χ4n) is 3.24. The van der Waals surface area contributed by atoms with Crippen LogP contribution in [0.2, 0.25) is 0 Å². The first-order valence-corrected chi connectivity index (χ1v) is 9.19. The van der Waals surface area contributed by atoms with Gasteiger partial charge in [-0.15, -0.1) is 12.4 Å². The molecule has 0 radical (unpaired) electrons. The van der Waals surface area contributed by atoms with Crippen LogP contribution >= 0.6 is 12.4 Å². The van der Waals surface area contributed by atoms with Crippen LogP contribution in [0.1, 0.15) is 25.3 Å². The van der Waals surface area contributed by atoms with Crippen molar-refractivity contribution in [3.63, 3.8) is 0 Å². The minimum Gasteiger partial charge on any atom is -0.381 e. The van der Waals surface area contributed by atoms with Gasteiger partial charge in [-0.3, -0.25) is 4.79 Å². The molecule has 3 N–H and O–H groups in total. The molecule has 1 saturated heterocycles. The molecule has 0 saturated carbocycles. The summed E-state index contributed by atoms with van der Waals surface area (Å²) in [6, 6.07) is 18.6. The highest BCUT2D eigenvalue weighted by Crippen LogP contribution is 2.25. The topological polar surface area (TPSA) is 67.6 Å². The highest BCUT2D eigenvalue weighted by Gasteiger charge is 2.35. The minimum absolute atomic E-state index is 0. The van der Waals surface area contributed by atoms with E-state index < -0.39 is 5.54 Å². The van der Waals surface area contributed by atoms with Crippen molar-refractivity contribution in [1.29, 1.82) is 0 Å². The van der Waals surface area contributed by atoms with Crippen molar-refractivity contribution >= 4 is 29.7 Å². The Morgan fingerprint density at radius 2 is 1.67 bits per heavy atom. The molecule has 1 heterocycles. The maximum Gasteiger partial charge on any atom is 0.240 e. The third-order valence-corrected chi connectivity index (χ3v) is 4.92. The molecular formula is C21H28ClN3O2. The average molecular weight is 390 g/mol. The highest BCUT2D eigenvalue weighted by atomic mass is 35.5. The summed E-state index contributed by atoms with van der Waals surface area (Å²) >= 11 is 0. The average Bonchev–Trinajstić information content (AvgIpc) is 2.69. The molecule has 5 nitrogen and oxygen atoms in total. The van der Waals surface area contributed by atoms with Gasteiger partial charge in [-0.2, -0.15) is 0 Å². The van der Waals surface area contributed by atoms with Crippen LogP contribution in [0.25, 0.3) is 0 Å². The van der Waals surface area contributed by atoms with Gasteiger partial charge in [-0.25, -0.2) is 0 Å². The molecule has 0 atom stereocenters. The Kier molecular flexibility index (Phi) is 7.66. The lowest BCUT2D eigenvalue weighted by Gasteiger charge is -2.31. The fraction of sp³-hybridized carbons (Fsp3) is 0.381. The van der Waals surface area contributed by atoms with Crippen molar-refractivity contribution in [1.82, 2.24) is 5.32 Å². The van der Waals surface area contributed by atoms with E-state index in [1.54, 1.807) is 0 Å². The Morgan fingerprint density at radius 1 is 1.07 bits per heavy atom. The molecule has 2 aromatic rings. The number of amides is 1. The van der Waals surface area contributed by atoms with Crippen LogP contribution in [0.15, 0.2) is 54.6 Å². The van der Waals surface area contributed by atoms with Gasteiger partial charge in [0.25, 0.3) is 0 Å². The third-order valence-electron chi connectivity index (χ3n) is 4.92. The van der Waals surface area contributed by atoms with Crippen LogP contribution in [0.3, 0.4) is 0 Å². The molecule has 0 bridgehead atoms. The van der Waals surface area contributed by atoms with Crippen molar-refractivity contribution < 1.29 is 9.53 Å². The number of rotatable bonds is 6. The van der Waals surface area contributed by atoms with E-state index in [-0.39, 0.29) is 18.3 Å². The monoisotopic (exact) mass is 389 g/mol.